The van der Waals surface area contributed by atoms with Crippen molar-refractivity contribution in [1.82, 2.24) is 14.5 Å². The van der Waals surface area contributed by atoms with Crippen LogP contribution in [0, 0.1) is 0 Å². The number of benzene rings is 3. The van der Waals surface area contributed by atoms with Gasteiger partial charge in [0.1, 0.15) is 16.9 Å². The van der Waals surface area contributed by atoms with E-state index in [1.807, 2.05) is 59.2 Å². The Morgan fingerprint density at radius 2 is 1.58 bits per heavy atom. The first kappa shape index (κ1) is 23.5. The van der Waals surface area contributed by atoms with E-state index >= 15 is 0 Å². The van der Waals surface area contributed by atoms with Gasteiger partial charge in [-0.05, 0) is 43.2 Å². The Bertz CT molecular complexity index is 1580. The van der Waals surface area contributed by atoms with E-state index in [-0.39, 0.29) is 18.0 Å². The maximum atomic E-state index is 13.3. The molecule has 0 fully saturated rings. The predicted octanol–water partition coefficient (Wildman–Crippen LogP) is 5.91. The number of ether oxygens (including phenoxy) is 1. The van der Waals surface area contributed by atoms with Crippen LogP contribution in [0.2, 0.25) is 5.02 Å². The summed E-state index contributed by atoms with van der Waals surface area (Å²) < 4.78 is 7.20. The predicted molar refractivity (Wildman–Crippen MR) is 141 cm³/mol. The summed E-state index contributed by atoms with van der Waals surface area (Å²) in [5.74, 6) is -0.751. The highest BCUT2D eigenvalue weighted by molar-refractivity contribution is 6.34. The molecule has 180 valence electrons. The normalized spacial score (nSPS) is 11.1. The Morgan fingerprint density at radius 1 is 0.917 bits per heavy atom. The van der Waals surface area contributed by atoms with E-state index in [1.54, 1.807) is 31.2 Å². The molecule has 7 nitrogen and oxygen atoms in total. The number of fused-ring (bicyclic) bond motifs is 2. The van der Waals surface area contributed by atoms with E-state index in [2.05, 4.69) is 5.32 Å². The highest BCUT2D eigenvalue weighted by Crippen LogP contribution is 2.32. The fraction of sp³-hybridized carbons (Fsp3) is 0.143. The fourth-order valence-electron chi connectivity index (χ4n) is 4.15. The van der Waals surface area contributed by atoms with Crippen LogP contribution in [0.4, 0.5) is 5.82 Å². The minimum Gasteiger partial charge on any atom is -0.462 e. The van der Waals surface area contributed by atoms with Crippen LogP contribution in [0.5, 0.6) is 0 Å². The molecule has 2 aromatic heterocycles. The molecule has 36 heavy (non-hydrogen) atoms. The maximum absolute atomic E-state index is 13.3. The number of nitrogens with zero attached hydrogens (tertiary/aromatic N) is 3. The van der Waals surface area contributed by atoms with Crippen LogP contribution >= 0.6 is 11.6 Å². The average Bonchev–Trinajstić information content (AvgIpc) is 3.18. The third-order valence-corrected chi connectivity index (χ3v) is 6.18. The summed E-state index contributed by atoms with van der Waals surface area (Å²) in [6.07, 6.45) is 0.649. The van der Waals surface area contributed by atoms with Crippen molar-refractivity contribution >= 4 is 51.5 Å². The molecule has 2 heterocycles. The SMILES string of the molecule is CCOC(=O)c1c(NC(=O)c2ccccc2Cl)n(CCc2ccccc2)c2nc3ccccc3nc12. The van der Waals surface area contributed by atoms with Gasteiger partial charge in [0.05, 0.1) is 28.2 Å². The molecule has 0 bridgehead atoms. The second kappa shape index (κ2) is 10.2. The number of aromatic nitrogens is 3. The van der Waals surface area contributed by atoms with E-state index in [0.717, 1.165) is 5.56 Å². The molecule has 0 atom stereocenters. The van der Waals surface area contributed by atoms with E-state index in [4.69, 9.17) is 26.3 Å². The molecule has 1 amide bonds. The van der Waals surface area contributed by atoms with E-state index < -0.39 is 11.9 Å². The summed E-state index contributed by atoms with van der Waals surface area (Å²) in [5.41, 5.74) is 3.74. The molecular weight excluding hydrogens is 476 g/mol. The van der Waals surface area contributed by atoms with Crippen molar-refractivity contribution in [2.45, 2.75) is 19.9 Å². The molecule has 0 spiro atoms. The van der Waals surface area contributed by atoms with Crippen molar-refractivity contribution in [1.29, 1.82) is 0 Å². The second-order valence-electron chi connectivity index (χ2n) is 8.15. The van der Waals surface area contributed by atoms with Crippen LogP contribution in [-0.2, 0) is 17.7 Å². The van der Waals surface area contributed by atoms with Crippen LogP contribution in [0.15, 0.2) is 78.9 Å². The van der Waals surface area contributed by atoms with Gasteiger partial charge in [-0.25, -0.2) is 14.8 Å². The minimum absolute atomic E-state index is 0.165. The minimum atomic E-state index is -0.583. The van der Waals surface area contributed by atoms with Gasteiger partial charge >= 0.3 is 5.97 Å². The molecule has 3 aromatic carbocycles. The van der Waals surface area contributed by atoms with Crippen LogP contribution in [0.25, 0.3) is 22.2 Å². The fourth-order valence-corrected chi connectivity index (χ4v) is 4.37. The van der Waals surface area contributed by atoms with Crippen molar-refractivity contribution in [3.63, 3.8) is 0 Å². The number of anilines is 1. The van der Waals surface area contributed by atoms with Gasteiger partial charge in [0.25, 0.3) is 5.91 Å². The average molecular weight is 499 g/mol. The van der Waals surface area contributed by atoms with Gasteiger partial charge in [0.15, 0.2) is 5.65 Å². The van der Waals surface area contributed by atoms with Crippen molar-refractivity contribution in [2.75, 3.05) is 11.9 Å². The van der Waals surface area contributed by atoms with Gasteiger partial charge in [-0.15, -0.1) is 0 Å². The number of esters is 1. The topological polar surface area (TPSA) is 86.1 Å². The molecule has 0 radical (unpaired) electrons. The van der Waals surface area contributed by atoms with Crippen LogP contribution < -0.4 is 5.32 Å². The van der Waals surface area contributed by atoms with Gasteiger partial charge in [0, 0.05) is 6.54 Å². The van der Waals surface area contributed by atoms with E-state index in [0.29, 0.717) is 45.7 Å². The molecule has 0 unspecified atom stereocenters. The molecule has 1 N–H and O–H groups in total. The Labute approximate surface area is 212 Å². The Morgan fingerprint density at radius 3 is 2.31 bits per heavy atom. The summed E-state index contributed by atoms with van der Waals surface area (Å²) in [6.45, 7) is 2.36. The number of hydrogen-bond acceptors (Lipinski definition) is 5. The Balaban J connectivity index is 1.71. The molecule has 0 aliphatic rings. The highest BCUT2D eigenvalue weighted by atomic mass is 35.5. The Kier molecular flexibility index (Phi) is 6.64. The number of nitrogens with one attached hydrogen (secondary N) is 1. The second-order valence-corrected chi connectivity index (χ2v) is 8.56. The number of carbonyl (C=O) groups is 2. The van der Waals surface area contributed by atoms with E-state index in [1.165, 1.54) is 0 Å². The molecule has 0 saturated heterocycles. The van der Waals surface area contributed by atoms with Gasteiger partial charge in [0.2, 0.25) is 0 Å². The van der Waals surface area contributed by atoms with Gasteiger partial charge in [-0.2, -0.15) is 0 Å². The third kappa shape index (κ3) is 4.53. The van der Waals surface area contributed by atoms with Gasteiger partial charge in [-0.1, -0.05) is 66.2 Å². The first-order chi connectivity index (χ1) is 17.6. The lowest BCUT2D eigenvalue weighted by Gasteiger charge is -2.13. The lowest BCUT2D eigenvalue weighted by atomic mass is 10.1. The molecule has 0 aliphatic carbocycles. The van der Waals surface area contributed by atoms with Crippen molar-refractivity contribution in [2.24, 2.45) is 0 Å². The number of aryl methyl sites for hydroxylation is 2. The summed E-state index contributed by atoms with van der Waals surface area (Å²) >= 11 is 6.28. The zero-order chi connectivity index (χ0) is 25.1. The zero-order valence-corrected chi connectivity index (χ0v) is 20.3. The molecule has 0 saturated carbocycles. The number of rotatable bonds is 7. The van der Waals surface area contributed by atoms with Crippen LogP contribution in [0.1, 0.15) is 33.2 Å². The molecular formula is C28H23ClN4O3. The summed E-state index contributed by atoms with van der Waals surface area (Å²) in [7, 11) is 0. The molecule has 5 aromatic rings. The first-order valence-corrected chi connectivity index (χ1v) is 12.0. The Hall–Kier alpha value is -4.23. The summed E-state index contributed by atoms with van der Waals surface area (Å²) in [5, 5.41) is 3.22. The first-order valence-electron chi connectivity index (χ1n) is 11.6. The quantitative estimate of drug-likeness (QED) is 0.282. The maximum Gasteiger partial charge on any atom is 0.344 e. The van der Waals surface area contributed by atoms with Gasteiger partial charge in [-0.3, -0.25) is 4.79 Å². The number of hydrogen-bond donors (Lipinski definition) is 1. The summed E-state index contributed by atoms with van der Waals surface area (Å²) in [6, 6.07) is 24.2. The van der Waals surface area contributed by atoms with Crippen molar-refractivity contribution in [3.8, 4) is 0 Å². The lowest BCUT2D eigenvalue weighted by molar-refractivity contribution is 0.0529. The van der Waals surface area contributed by atoms with Crippen LogP contribution in [0.3, 0.4) is 0 Å². The molecule has 8 heteroatoms. The zero-order valence-electron chi connectivity index (χ0n) is 19.6. The van der Waals surface area contributed by atoms with Gasteiger partial charge < -0.3 is 14.6 Å². The van der Waals surface area contributed by atoms with E-state index in [9.17, 15) is 9.59 Å². The standard InChI is InChI=1S/C28H23ClN4O3/c1-2-36-28(35)23-24-26(31-22-15-9-8-14-21(22)30-24)33(17-16-18-10-4-3-5-11-18)25(23)32-27(34)19-12-6-7-13-20(19)29/h3-15H,2,16-17H2,1H3,(H,32,34). The number of halogens is 1. The monoisotopic (exact) mass is 498 g/mol. The largest absolute Gasteiger partial charge is 0.462 e. The smallest absolute Gasteiger partial charge is 0.344 e. The lowest BCUT2D eigenvalue weighted by Crippen LogP contribution is -2.19. The van der Waals surface area contributed by atoms with Crippen molar-refractivity contribution in [3.05, 3.63) is 101 Å². The molecule has 5 rings (SSSR count). The molecule has 0 aliphatic heterocycles. The van der Waals surface area contributed by atoms with Crippen molar-refractivity contribution < 1.29 is 14.3 Å². The third-order valence-electron chi connectivity index (χ3n) is 5.85. The van der Waals surface area contributed by atoms with Crippen LogP contribution in [-0.4, -0.2) is 33.0 Å². The number of carbonyl (C=O) groups excluding carboxylic acids is 2. The highest BCUT2D eigenvalue weighted by Gasteiger charge is 2.28. The number of amides is 1. The summed E-state index contributed by atoms with van der Waals surface area (Å²) in [4.78, 5) is 36.1. The number of para-hydroxylation sites is 2.